The van der Waals surface area contributed by atoms with Crippen molar-refractivity contribution in [2.24, 2.45) is 5.92 Å². The molecule has 0 radical (unpaired) electrons. The van der Waals surface area contributed by atoms with Crippen molar-refractivity contribution in [3.05, 3.63) is 59.8 Å². The summed E-state index contributed by atoms with van der Waals surface area (Å²) in [7, 11) is 0. The molecule has 132 valence electrons. The monoisotopic (exact) mass is 348 g/mol. The fraction of sp³-hybridized carbons (Fsp3) is 0.263. The largest absolute Gasteiger partial charge is 0.342 e. The zero-order valence-corrected chi connectivity index (χ0v) is 14.9. The third-order valence-electron chi connectivity index (χ3n) is 4.41. The molecule has 7 nitrogen and oxygen atoms in total. The maximum absolute atomic E-state index is 12.9. The highest BCUT2D eigenvalue weighted by Gasteiger charge is 2.24. The van der Waals surface area contributed by atoms with Gasteiger partial charge < -0.3 is 10.3 Å². The molecule has 0 spiro atoms. The van der Waals surface area contributed by atoms with Crippen molar-refractivity contribution in [2.75, 3.05) is 0 Å². The zero-order chi connectivity index (χ0) is 18.3. The molecule has 0 saturated heterocycles. The predicted molar refractivity (Wildman–Crippen MR) is 98.9 cm³/mol. The minimum absolute atomic E-state index is 0.163. The van der Waals surface area contributed by atoms with E-state index in [0.717, 1.165) is 22.6 Å². The first-order chi connectivity index (χ1) is 12.5. The number of carbonyl (C=O) groups is 1. The van der Waals surface area contributed by atoms with Gasteiger partial charge in [-0.05, 0) is 31.0 Å². The van der Waals surface area contributed by atoms with Gasteiger partial charge in [-0.25, -0.2) is 14.5 Å². The minimum Gasteiger partial charge on any atom is -0.342 e. The van der Waals surface area contributed by atoms with Crippen LogP contribution in [0.3, 0.4) is 0 Å². The van der Waals surface area contributed by atoms with Crippen LogP contribution < -0.4 is 5.32 Å². The summed E-state index contributed by atoms with van der Waals surface area (Å²) in [6.07, 6.45) is 3.35. The number of aromatic nitrogens is 5. The molecule has 0 aliphatic rings. The van der Waals surface area contributed by atoms with Gasteiger partial charge in [0.2, 0.25) is 0 Å². The van der Waals surface area contributed by atoms with Gasteiger partial charge in [0.1, 0.15) is 11.4 Å². The van der Waals surface area contributed by atoms with Gasteiger partial charge >= 0.3 is 0 Å². The molecular formula is C19H20N6O. The Labute approximate surface area is 150 Å². The predicted octanol–water partition coefficient (Wildman–Crippen LogP) is 3.04. The number of hydrogen-bond donors (Lipinski definition) is 2. The molecule has 1 aromatic carbocycles. The summed E-state index contributed by atoms with van der Waals surface area (Å²) in [5, 5.41) is 7.29. The molecule has 1 amide bonds. The van der Waals surface area contributed by atoms with Gasteiger partial charge in [0.05, 0.1) is 23.3 Å². The highest BCUT2D eigenvalue weighted by molar-refractivity contribution is 5.99. The number of rotatable bonds is 4. The number of hydrogen-bond acceptors (Lipinski definition) is 4. The normalized spacial score (nSPS) is 12.8. The number of benzene rings is 1. The topological polar surface area (TPSA) is 88.0 Å². The Kier molecular flexibility index (Phi) is 3.91. The van der Waals surface area contributed by atoms with Crippen molar-refractivity contribution >= 4 is 22.6 Å². The summed E-state index contributed by atoms with van der Waals surface area (Å²) in [6.45, 7) is 5.99. The van der Waals surface area contributed by atoms with Gasteiger partial charge in [0.25, 0.3) is 5.91 Å². The Hall–Kier alpha value is -3.22. The zero-order valence-electron chi connectivity index (χ0n) is 14.9. The van der Waals surface area contributed by atoms with Crippen LogP contribution in [0.2, 0.25) is 0 Å². The lowest BCUT2D eigenvalue weighted by Gasteiger charge is -2.20. The van der Waals surface area contributed by atoms with E-state index in [4.69, 9.17) is 0 Å². The summed E-state index contributed by atoms with van der Waals surface area (Å²) in [6, 6.07) is 9.45. The highest BCUT2D eigenvalue weighted by Crippen LogP contribution is 2.23. The van der Waals surface area contributed by atoms with Crippen LogP contribution in [0.1, 0.15) is 41.8 Å². The van der Waals surface area contributed by atoms with E-state index < -0.39 is 0 Å². The lowest BCUT2D eigenvalue weighted by molar-refractivity contribution is 0.0925. The van der Waals surface area contributed by atoms with Gasteiger partial charge in [-0.15, -0.1) is 0 Å². The maximum Gasteiger partial charge on any atom is 0.257 e. The number of para-hydroxylation sites is 2. The van der Waals surface area contributed by atoms with Crippen LogP contribution >= 0.6 is 0 Å². The molecule has 26 heavy (non-hydrogen) atoms. The number of aromatic amines is 1. The molecule has 0 unspecified atom stereocenters. The molecule has 4 aromatic rings. The van der Waals surface area contributed by atoms with Gasteiger partial charge in [0, 0.05) is 11.9 Å². The number of fused-ring (bicyclic) bond motifs is 2. The van der Waals surface area contributed by atoms with Crippen LogP contribution in [0, 0.1) is 12.8 Å². The number of nitrogens with one attached hydrogen (secondary N) is 2. The number of aryl methyl sites for hydroxylation is 1. The van der Waals surface area contributed by atoms with Crippen molar-refractivity contribution in [2.45, 2.75) is 26.8 Å². The molecule has 3 heterocycles. The van der Waals surface area contributed by atoms with Crippen LogP contribution in [0.15, 0.2) is 42.7 Å². The van der Waals surface area contributed by atoms with Gasteiger partial charge in [-0.2, -0.15) is 5.10 Å². The van der Waals surface area contributed by atoms with Gasteiger partial charge in [-0.3, -0.25) is 4.79 Å². The molecule has 4 rings (SSSR count). The second-order valence-corrected chi connectivity index (χ2v) is 6.73. The van der Waals surface area contributed by atoms with Crippen molar-refractivity contribution < 1.29 is 4.79 Å². The first-order valence-electron chi connectivity index (χ1n) is 8.59. The molecule has 0 aliphatic carbocycles. The lowest BCUT2D eigenvalue weighted by Crippen LogP contribution is -2.32. The third kappa shape index (κ3) is 2.81. The van der Waals surface area contributed by atoms with E-state index in [1.807, 2.05) is 37.3 Å². The van der Waals surface area contributed by atoms with Crippen LogP contribution in [0.25, 0.3) is 16.7 Å². The SMILES string of the molecule is Cc1ccn2ncc(C(=O)N[C@H](c3nc4ccccc4[nH]3)C(C)C)c2n1. The standard InChI is InChI=1S/C19H20N6O/c1-11(2)16(17-22-14-6-4-5-7-15(14)23-17)24-19(26)13-10-20-25-9-8-12(3)21-18(13)25/h4-11,16H,1-3H3,(H,22,23)(H,24,26)/t16-/m0/s1. The Morgan fingerprint density at radius 2 is 2.00 bits per heavy atom. The van der Waals surface area contributed by atoms with Crippen LogP contribution in [-0.4, -0.2) is 30.5 Å². The highest BCUT2D eigenvalue weighted by atomic mass is 16.1. The molecular weight excluding hydrogens is 328 g/mol. The summed E-state index contributed by atoms with van der Waals surface area (Å²) >= 11 is 0. The van der Waals surface area contributed by atoms with Crippen molar-refractivity contribution in [3.8, 4) is 0 Å². The van der Waals surface area contributed by atoms with Crippen molar-refractivity contribution in [1.29, 1.82) is 0 Å². The molecule has 0 fully saturated rings. The van der Waals surface area contributed by atoms with Crippen molar-refractivity contribution in [1.82, 2.24) is 29.9 Å². The van der Waals surface area contributed by atoms with E-state index in [1.165, 1.54) is 0 Å². The molecule has 3 aromatic heterocycles. The first-order valence-corrected chi connectivity index (χ1v) is 8.59. The second kappa shape index (κ2) is 6.25. The molecule has 0 bridgehead atoms. The van der Waals surface area contributed by atoms with Gasteiger partial charge in [0.15, 0.2) is 5.65 Å². The minimum atomic E-state index is -0.241. The summed E-state index contributed by atoms with van der Waals surface area (Å²) in [5.41, 5.74) is 3.68. The molecule has 2 N–H and O–H groups in total. The van der Waals surface area contributed by atoms with E-state index in [9.17, 15) is 4.79 Å². The molecule has 0 aliphatic heterocycles. The Bertz CT molecular complexity index is 1060. The fourth-order valence-corrected chi connectivity index (χ4v) is 3.01. The molecule has 7 heteroatoms. The van der Waals surface area contributed by atoms with E-state index in [1.54, 1.807) is 16.9 Å². The van der Waals surface area contributed by atoms with Crippen molar-refractivity contribution in [3.63, 3.8) is 0 Å². The number of amides is 1. The smallest absolute Gasteiger partial charge is 0.257 e. The number of carbonyl (C=O) groups excluding carboxylic acids is 1. The average molecular weight is 348 g/mol. The van der Waals surface area contributed by atoms with E-state index in [2.05, 4.69) is 39.2 Å². The maximum atomic E-state index is 12.9. The number of imidazole rings is 1. The van der Waals surface area contributed by atoms with Crippen LogP contribution in [-0.2, 0) is 0 Å². The summed E-state index contributed by atoms with van der Waals surface area (Å²) in [5.74, 6) is 0.698. The van der Waals surface area contributed by atoms with Crippen LogP contribution in [0.5, 0.6) is 0 Å². The van der Waals surface area contributed by atoms with E-state index in [-0.39, 0.29) is 17.9 Å². The van der Waals surface area contributed by atoms with Gasteiger partial charge in [-0.1, -0.05) is 26.0 Å². The Balaban J connectivity index is 1.67. The molecule has 1 atom stereocenters. The van der Waals surface area contributed by atoms with E-state index >= 15 is 0 Å². The Morgan fingerprint density at radius 3 is 2.77 bits per heavy atom. The second-order valence-electron chi connectivity index (χ2n) is 6.73. The van der Waals surface area contributed by atoms with Crippen LogP contribution in [0.4, 0.5) is 0 Å². The number of nitrogens with zero attached hydrogens (tertiary/aromatic N) is 4. The lowest BCUT2D eigenvalue weighted by atomic mass is 10.0. The average Bonchev–Trinajstić information content (AvgIpc) is 3.22. The number of H-pyrrole nitrogens is 1. The summed E-state index contributed by atoms with van der Waals surface area (Å²) in [4.78, 5) is 25.3. The quantitative estimate of drug-likeness (QED) is 0.593. The summed E-state index contributed by atoms with van der Waals surface area (Å²) < 4.78 is 1.60. The third-order valence-corrected chi connectivity index (χ3v) is 4.41. The molecule has 0 saturated carbocycles. The first kappa shape index (κ1) is 16.3. The Morgan fingerprint density at radius 1 is 1.19 bits per heavy atom. The van der Waals surface area contributed by atoms with E-state index in [0.29, 0.717) is 11.2 Å². The fourth-order valence-electron chi connectivity index (χ4n) is 3.01.